The van der Waals surface area contributed by atoms with Gasteiger partial charge in [0.05, 0.1) is 18.7 Å². The Morgan fingerprint density at radius 3 is 2.74 bits per heavy atom. The van der Waals surface area contributed by atoms with Crippen molar-refractivity contribution in [3.05, 3.63) is 53.5 Å². The molecular weight excluding hydrogens is 472 g/mol. The molecule has 0 unspecified atom stereocenters. The van der Waals surface area contributed by atoms with Crippen molar-refractivity contribution in [3.63, 3.8) is 0 Å². The number of aryl methyl sites for hydroxylation is 1. The van der Waals surface area contributed by atoms with E-state index in [-0.39, 0.29) is 11.6 Å². The summed E-state index contributed by atoms with van der Waals surface area (Å²) in [5.41, 5.74) is 1.84. The van der Waals surface area contributed by atoms with Crippen LogP contribution in [-0.4, -0.2) is 59.6 Å². The van der Waals surface area contributed by atoms with E-state index in [0.29, 0.717) is 35.6 Å². The van der Waals surface area contributed by atoms with E-state index in [0.717, 1.165) is 27.4 Å². The van der Waals surface area contributed by atoms with Gasteiger partial charge < -0.3 is 15.4 Å². The first kappa shape index (κ1) is 22.5. The highest BCUT2D eigenvalue weighted by Crippen LogP contribution is 2.32. The minimum absolute atomic E-state index is 0.265. The Labute approximate surface area is 204 Å². The zero-order valence-electron chi connectivity index (χ0n) is 19.2. The fraction of sp³-hybridized carbons (Fsp3) is 0.227. The number of imidazole rings is 1. The third kappa shape index (κ3) is 3.97. The minimum Gasteiger partial charge on any atom is -0.480 e. The van der Waals surface area contributed by atoms with Crippen molar-refractivity contribution < 1.29 is 9.53 Å². The van der Waals surface area contributed by atoms with Crippen LogP contribution in [0, 0.1) is 0 Å². The van der Waals surface area contributed by atoms with E-state index in [9.17, 15) is 4.79 Å². The molecule has 13 heteroatoms. The number of hydrogen-bond acceptors (Lipinski definition) is 9. The topological polar surface area (TPSA) is 138 Å². The van der Waals surface area contributed by atoms with E-state index >= 15 is 0 Å². The molecule has 0 aliphatic rings. The summed E-state index contributed by atoms with van der Waals surface area (Å²) in [7, 11) is 3.07. The molecule has 12 nitrogen and oxygen atoms in total. The molecule has 1 amide bonds. The summed E-state index contributed by atoms with van der Waals surface area (Å²) in [6.07, 6.45) is 8.29. The molecule has 5 rings (SSSR count). The van der Waals surface area contributed by atoms with Gasteiger partial charge in [-0.2, -0.15) is 5.10 Å². The second-order valence-electron chi connectivity index (χ2n) is 7.55. The Morgan fingerprint density at radius 1 is 1.14 bits per heavy atom. The Bertz CT molecular complexity index is 1560. The number of halogens is 1. The number of carbonyl (C=O) groups excluding carboxylic acids is 1. The lowest BCUT2D eigenvalue weighted by Crippen LogP contribution is -2.18. The van der Waals surface area contributed by atoms with Gasteiger partial charge in [-0.15, -0.1) is 10.2 Å². The van der Waals surface area contributed by atoms with Crippen LogP contribution in [0.5, 0.6) is 5.88 Å². The number of nitrogens with one attached hydrogen (secondary N) is 2. The number of carbonyl (C=O) groups is 1. The Morgan fingerprint density at radius 2 is 2.00 bits per heavy atom. The van der Waals surface area contributed by atoms with Gasteiger partial charge in [-0.3, -0.25) is 9.36 Å². The number of ether oxygens (including phenoxy) is 1. The van der Waals surface area contributed by atoms with Crippen molar-refractivity contribution in [3.8, 4) is 11.7 Å². The van der Waals surface area contributed by atoms with E-state index < -0.39 is 0 Å². The van der Waals surface area contributed by atoms with Crippen LogP contribution in [0.15, 0.2) is 37.2 Å². The number of pyridine rings is 2. The van der Waals surface area contributed by atoms with E-state index in [1.54, 1.807) is 42.5 Å². The second kappa shape index (κ2) is 9.14. The van der Waals surface area contributed by atoms with Crippen LogP contribution in [0.1, 0.15) is 23.0 Å². The fourth-order valence-electron chi connectivity index (χ4n) is 3.78. The molecule has 0 atom stereocenters. The summed E-state index contributed by atoms with van der Waals surface area (Å²) < 4.78 is 8.59. The maximum Gasteiger partial charge on any atom is 0.271 e. The SMILES string of the molecule is CCn1ncc2c3c(NCc4cnc(OC)c(Cl)c4)nnc(-n4cnc(C(=O)NC)c4)c3cnc21. The van der Waals surface area contributed by atoms with Crippen molar-refractivity contribution in [2.45, 2.75) is 20.0 Å². The molecule has 0 aliphatic carbocycles. The second-order valence-corrected chi connectivity index (χ2v) is 7.96. The summed E-state index contributed by atoms with van der Waals surface area (Å²) >= 11 is 6.23. The fourth-order valence-corrected chi connectivity index (χ4v) is 4.05. The zero-order valence-corrected chi connectivity index (χ0v) is 19.9. The predicted molar refractivity (Wildman–Crippen MR) is 130 cm³/mol. The summed E-state index contributed by atoms with van der Waals surface area (Å²) in [5.74, 6) is 1.10. The minimum atomic E-state index is -0.296. The molecule has 178 valence electrons. The van der Waals surface area contributed by atoms with Gasteiger partial charge in [0.2, 0.25) is 5.88 Å². The molecule has 0 radical (unpaired) electrons. The molecule has 0 aromatic carbocycles. The van der Waals surface area contributed by atoms with Gasteiger partial charge in [0.1, 0.15) is 17.0 Å². The van der Waals surface area contributed by atoms with E-state index in [1.165, 1.54) is 13.4 Å². The number of anilines is 1. The molecule has 5 aromatic heterocycles. The molecule has 0 aliphatic heterocycles. The Balaban J connectivity index is 1.62. The summed E-state index contributed by atoms with van der Waals surface area (Å²) in [4.78, 5) is 25.0. The molecule has 0 saturated heterocycles. The standard InChI is InChI=1S/C22H21ClN10O2/c1-4-33-19-14(9-29-33)17-13(8-26-19)20(32-10-16(28-11-32)21(34)24-2)31-30-18(17)25-6-12-5-15(23)22(35-3)27-7-12/h5,7-11H,4,6H2,1-3H3,(H,24,34)(H,25,30). The summed E-state index contributed by atoms with van der Waals surface area (Å²) in [6, 6.07) is 1.78. The number of amides is 1. The van der Waals surface area contributed by atoms with Crippen LogP contribution in [-0.2, 0) is 13.1 Å². The monoisotopic (exact) mass is 492 g/mol. The van der Waals surface area contributed by atoms with E-state index in [4.69, 9.17) is 16.3 Å². The third-order valence-corrected chi connectivity index (χ3v) is 5.76. The van der Waals surface area contributed by atoms with E-state index in [2.05, 4.69) is 40.9 Å². The zero-order chi connectivity index (χ0) is 24.5. The van der Waals surface area contributed by atoms with Crippen molar-refractivity contribution >= 4 is 45.1 Å². The van der Waals surface area contributed by atoms with Crippen molar-refractivity contribution in [2.75, 3.05) is 19.5 Å². The molecular formula is C22H21ClN10O2. The summed E-state index contributed by atoms with van der Waals surface area (Å²) in [5, 5.41) is 22.0. The van der Waals surface area contributed by atoms with Crippen LogP contribution >= 0.6 is 11.6 Å². The Hall–Kier alpha value is -4.32. The lowest BCUT2D eigenvalue weighted by molar-refractivity contribution is 0.0958. The van der Waals surface area contributed by atoms with Gasteiger partial charge in [0.25, 0.3) is 5.91 Å². The van der Waals surface area contributed by atoms with Crippen molar-refractivity contribution in [1.82, 2.24) is 44.8 Å². The number of rotatable bonds is 7. The lowest BCUT2D eigenvalue weighted by Gasteiger charge is -2.12. The molecule has 0 spiro atoms. The number of aromatic nitrogens is 8. The smallest absolute Gasteiger partial charge is 0.271 e. The number of hydrogen-bond donors (Lipinski definition) is 2. The predicted octanol–water partition coefficient (Wildman–Crippen LogP) is 2.61. The Kier molecular flexibility index (Phi) is 5.87. The molecule has 2 N–H and O–H groups in total. The maximum absolute atomic E-state index is 12.0. The molecule has 35 heavy (non-hydrogen) atoms. The highest BCUT2D eigenvalue weighted by molar-refractivity contribution is 6.31. The third-order valence-electron chi connectivity index (χ3n) is 5.49. The summed E-state index contributed by atoms with van der Waals surface area (Å²) in [6.45, 7) is 3.07. The molecule has 0 bridgehead atoms. The average Bonchev–Trinajstić information content (AvgIpc) is 3.54. The number of methoxy groups -OCH3 is 1. The highest BCUT2D eigenvalue weighted by Gasteiger charge is 2.18. The van der Waals surface area contributed by atoms with E-state index in [1.807, 2.05) is 11.6 Å². The largest absolute Gasteiger partial charge is 0.480 e. The van der Waals surface area contributed by atoms with Crippen LogP contribution in [0.25, 0.3) is 27.6 Å². The van der Waals surface area contributed by atoms with Gasteiger partial charge in [0, 0.05) is 49.5 Å². The van der Waals surface area contributed by atoms with Crippen molar-refractivity contribution in [2.24, 2.45) is 0 Å². The first-order chi connectivity index (χ1) is 17.0. The van der Waals surface area contributed by atoms with Gasteiger partial charge in [-0.05, 0) is 18.6 Å². The van der Waals surface area contributed by atoms with Gasteiger partial charge >= 0.3 is 0 Å². The van der Waals surface area contributed by atoms with Crippen LogP contribution in [0.2, 0.25) is 5.02 Å². The molecule has 5 aromatic rings. The first-order valence-corrected chi connectivity index (χ1v) is 11.1. The molecule has 5 heterocycles. The lowest BCUT2D eigenvalue weighted by atomic mass is 10.1. The molecule has 0 fully saturated rings. The van der Waals surface area contributed by atoms with Crippen LogP contribution in [0.4, 0.5) is 5.82 Å². The first-order valence-electron chi connectivity index (χ1n) is 10.7. The average molecular weight is 493 g/mol. The molecule has 0 saturated carbocycles. The van der Waals surface area contributed by atoms with Gasteiger partial charge in [-0.1, -0.05) is 11.6 Å². The number of nitrogens with zero attached hydrogens (tertiary/aromatic N) is 8. The van der Waals surface area contributed by atoms with Crippen molar-refractivity contribution in [1.29, 1.82) is 0 Å². The number of fused-ring (bicyclic) bond motifs is 3. The normalized spacial score (nSPS) is 11.2. The van der Waals surface area contributed by atoms with Crippen LogP contribution < -0.4 is 15.4 Å². The van der Waals surface area contributed by atoms with Gasteiger partial charge in [-0.25, -0.2) is 19.6 Å². The van der Waals surface area contributed by atoms with Gasteiger partial charge in [0.15, 0.2) is 17.3 Å². The highest BCUT2D eigenvalue weighted by atomic mass is 35.5. The van der Waals surface area contributed by atoms with Crippen LogP contribution in [0.3, 0.4) is 0 Å². The quantitative estimate of drug-likeness (QED) is 0.351. The maximum atomic E-state index is 12.0.